The lowest BCUT2D eigenvalue weighted by molar-refractivity contribution is 0.252. The number of rotatable bonds is 2. The normalized spacial score (nSPS) is 18.7. The third kappa shape index (κ3) is 2.44. The van der Waals surface area contributed by atoms with Gasteiger partial charge in [0.2, 0.25) is 0 Å². The van der Waals surface area contributed by atoms with Crippen molar-refractivity contribution in [1.82, 2.24) is 15.1 Å². The first-order valence-corrected chi connectivity index (χ1v) is 5.84. The minimum Gasteiger partial charge on any atom is -0.479 e. The second kappa shape index (κ2) is 4.97. The van der Waals surface area contributed by atoms with Crippen molar-refractivity contribution in [3.63, 3.8) is 0 Å². The van der Waals surface area contributed by atoms with Crippen molar-refractivity contribution in [2.75, 3.05) is 27.2 Å². The molecule has 1 aromatic heterocycles. The van der Waals surface area contributed by atoms with Crippen molar-refractivity contribution in [2.24, 2.45) is 0 Å². The van der Waals surface area contributed by atoms with E-state index in [4.69, 9.17) is 16.3 Å². The number of aromatic nitrogens is 2. The fourth-order valence-corrected chi connectivity index (χ4v) is 2.24. The van der Waals surface area contributed by atoms with Gasteiger partial charge < -0.3 is 9.64 Å². The fraction of sp³-hybridized carbons (Fsp3) is 0.636. The molecule has 2 rings (SSSR count). The van der Waals surface area contributed by atoms with E-state index in [2.05, 4.69) is 22.1 Å². The molecule has 0 amide bonds. The monoisotopic (exact) mass is 241 g/mol. The third-order valence-corrected chi connectivity index (χ3v) is 3.34. The van der Waals surface area contributed by atoms with Crippen LogP contribution in [0.5, 0.6) is 5.88 Å². The molecule has 88 valence electrons. The van der Waals surface area contributed by atoms with Gasteiger partial charge >= 0.3 is 0 Å². The van der Waals surface area contributed by atoms with Crippen LogP contribution in [0.15, 0.2) is 6.07 Å². The fourth-order valence-electron chi connectivity index (χ4n) is 2.01. The Morgan fingerprint density at radius 1 is 1.38 bits per heavy atom. The average molecular weight is 242 g/mol. The summed E-state index contributed by atoms with van der Waals surface area (Å²) in [5.41, 5.74) is 0.985. The SMILES string of the molecule is COc1nnc(C2CCN(C)CC2)cc1Cl. The average Bonchev–Trinajstić information content (AvgIpc) is 2.30. The lowest BCUT2D eigenvalue weighted by atomic mass is 9.94. The van der Waals surface area contributed by atoms with Gasteiger partial charge in [0.1, 0.15) is 5.02 Å². The van der Waals surface area contributed by atoms with Crippen molar-refractivity contribution in [1.29, 1.82) is 0 Å². The van der Waals surface area contributed by atoms with Gasteiger partial charge in [-0.25, -0.2) is 0 Å². The maximum atomic E-state index is 6.04. The van der Waals surface area contributed by atoms with Crippen LogP contribution >= 0.6 is 11.6 Å². The summed E-state index contributed by atoms with van der Waals surface area (Å²) in [4.78, 5) is 2.33. The highest BCUT2D eigenvalue weighted by Crippen LogP contribution is 2.29. The van der Waals surface area contributed by atoms with Crippen molar-refractivity contribution < 1.29 is 4.74 Å². The summed E-state index contributed by atoms with van der Waals surface area (Å²) in [6, 6.07) is 1.88. The van der Waals surface area contributed by atoms with E-state index < -0.39 is 0 Å². The zero-order valence-corrected chi connectivity index (χ0v) is 10.4. The smallest absolute Gasteiger partial charge is 0.252 e. The van der Waals surface area contributed by atoms with E-state index in [-0.39, 0.29) is 0 Å². The van der Waals surface area contributed by atoms with Crippen molar-refractivity contribution in [2.45, 2.75) is 18.8 Å². The largest absolute Gasteiger partial charge is 0.479 e. The molecule has 0 radical (unpaired) electrons. The molecule has 0 bridgehead atoms. The summed E-state index contributed by atoms with van der Waals surface area (Å²) >= 11 is 6.04. The van der Waals surface area contributed by atoms with Crippen LogP contribution in [0.25, 0.3) is 0 Å². The van der Waals surface area contributed by atoms with E-state index in [1.54, 1.807) is 7.11 Å². The molecule has 1 saturated heterocycles. The highest BCUT2D eigenvalue weighted by molar-refractivity contribution is 6.31. The number of likely N-dealkylation sites (tertiary alicyclic amines) is 1. The zero-order chi connectivity index (χ0) is 11.5. The van der Waals surface area contributed by atoms with Gasteiger partial charge in [-0.15, -0.1) is 5.10 Å². The Morgan fingerprint density at radius 2 is 2.06 bits per heavy atom. The number of ether oxygens (including phenoxy) is 1. The molecule has 1 aliphatic rings. The van der Waals surface area contributed by atoms with Crippen LogP contribution in [0.3, 0.4) is 0 Å². The quantitative estimate of drug-likeness (QED) is 0.793. The van der Waals surface area contributed by atoms with Crippen LogP contribution in [0.1, 0.15) is 24.5 Å². The molecule has 1 fully saturated rings. The molecule has 0 saturated carbocycles. The summed E-state index contributed by atoms with van der Waals surface area (Å²) in [5, 5.41) is 8.70. The first-order chi connectivity index (χ1) is 7.70. The van der Waals surface area contributed by atoms with Gasteiger partial charge in [0.25, 0.3) is 5.88 Å². The Kier molecular flexibility index (Phi) is 3.61. The van der Waals surface area contributed by atoms with E-state index in [0.717, 1.165) is 31.6 Å². The molecule has 0 atom stereocenters. The van der Waals surface area contributed by atoms with Crippen molar-refractivity contribution >= 4 is 11.6 Å². The summed E-state index contributed by atoms with van der Waals surface area (Å²) in [6.07, 6.45) is 2.24. The second-order valence-corrected chi connectivity index (χ2v) is 4.61. The maximum Gasteiger partial charge on any atom is 0.252 e. The van der Waals surface area contributed by atoms with E-state index in [0.29, 0.717) is 16.8 Å². The molecule has 0 N–H and O–H groups in total. The minimum atomic E-state index is 0.401. The van der Waals surface area contributed by atoms with Gasteiger partial charge in [0.15, 0.2) is 0 Å². The van der Waals surface area contributed by atoms with E-state index in [1.807, 2.05) is 6.07 Å². The molecule has 0 unspecified atom stereocenters. The molecule has 1 aromatic rings. The van der Waals surface area contributed by atoms with Gasteiger partial charge in [0.05, 0.1) is 12.8 Å². The molecule has 0 spiro atoms. The van der Waals surface area contributed by atoms with Crippen LogP contribution in [0.4, 0.5) is 0 Å². The number of hydrogen-bond donors (Lipinski definition) is 0. The highest BCUT2D eigenvalue weighted by atomic mass is 35.5. The van der Waals surface area contributed by atoms with Crippen LogP contribution in [0, 0.1) is 0 Å². The predicted molar refractivity (Wildman–Crippen MR) is 63.1 cm³/mol. The van der Waals surface area contributed by atoms with E-state index in [1.165, 1.54) is 0 Å². The predicted octanol–water partition coefficient (Wildman–Crippen LogP) is 1.95. The lowest BCUT2D eigenvalue weighted by Crippen LogP contribution is -2.29. The molecular formula is C11H16ClN3O. The summed E-state index contributed by atoms with van der Waals surface area (Å²) in [7, 11) is 3.69. The lowest BCUT2D eigenvalue weighted by Gasteiger charge is -2.28. The van der Waals surface area contributed by atoms with Crippen LogP contribution in [0.2, 0.25) is 5.02 Å². The van der Waals surface area contributed by atoms with Gasteiger partial charge in [0, 0.05) is 5.92 Å². The Balaban J connectivity index is 2.12. The zero-order valence-electron chi connectivity index (χ0n) is 9.61. The van der Waals surface area contributed by atoms with E-state index in [9.17, 15) is 0 Å². The van der Waals surface area contributed by atoms with Crippen LogP contribution in [-0.2, 0) is 0 Å². The van der Waals surface area contributed by atoms with Gasteiger partial charge in [-0.05, 0) is 39.0 Å². The van der Waals surface area contributed by atoms with Crippen molar-refractivity contribution in [3.8, 4) is 5.88 Å². The standard InChI is InChI=1S/C11H16ClN3O/c1-15-5-3-8(4-6-15)10-7-9(12)11(16-2)14-13-10/h7-8H,3-6H2,1-2H3. The maximum absolute atomic E-state index is 6.04. The Labute approximate surface area is 101 Å². The molecule has 0 aromatic carbocycles. The minimum absolute atomic E-state index is 0.401. The first-order valence-electron chi connectivity index (χ1n) is 5.46. The Morgan fingerprint density at radius 3 is 2.62 bits per heavy atom. The number of piperidine rings is 1. The van der Waals surface area contributed by atoms with Gasteiger partial charge in [-0.2, -0.15) is 5.10 Å². The summed E-state index contributed by atoms with van der Waals surface area (Å²) in [6.45, 7) is 2.21. The Hall–Kier alpha value is -0.870. The van der Waals surface area contributed by atoms with Crippen LogP contribution in [-0.4, -0.2) is 42.3 Å². The molecule has 2 heterocycles. The first kappa shape index (κ1) is 11.6. The molecule has 5 heteroatoms. The number of hydrogen-bond acceptors (Lipinski definition) is 4. The van der Waals surface area contributed by atoms with Gasteiger partial charge in [-0.3, -0.25) is 0 Å². The van der Waals surface area contributed by atoms with Crippen LogP contribution < -0.4 is 4.74 Å². The molecule has 0 aliphatic carbocycles. The van der Waals surface area contributed by atoms with Crippen molar-refractivity contribution in [3.05, 3.63) is 16.8 Å². The number of methoxy groups -OCH3 is 1. The summed E-state index contributed by atoms with van der Waals surface area (Å²) < 4.78 is 4.99. The summed E-state index contributed by atoms with van der Waals surface area (Å²) in [5.74, 6) is 0.880. The molecular weight excluding hydrogens is 226 g/mol. The number of halogens is 1. The Bertz CT molecular complexity index is 364. The number of nitrogens with zero attached hydrogens (tertiary/aromatic N) is 3. The molecule has 4 nitrogen and oxygen atoms in total. The molecule has 16 heavy (non-hydrogen) atoms. The van der Waals surface area contributed by atoms with Gasteiger partial charge in [-0.1, -0.05) is 11.6 Å². The topological polar surface area (TPSA) is 38.3 Å². The third-order valence-electron chi connectivity index (χ3n) is 3.07. The van der Waals surface area contributed by atoms with E-state index >= 15 is 0 Å². The molecule has 1 aliphatic heterocycles. The second-order valence-electron chi connectivity index (χ2n) is 4.20. The highest BCUT2D eigenvalue weighted by Gasteiger charge is 2.20.